The molecule has 2 atom stereocenters. The number of amides is 1. The first-order valence-electron chi connectivity index (χ1n) is 4.65. The van der Waals surface area contributed by atoms with E-state index in [9.17, 15) is 4.79 Å². The largest absolute Gasteiger partial charge is 0.383 e. The number of hydrogen-bond donors (Lipinski definition) is 2. The Balaban J connectivity index is 3.69. The SMILES string of the molecule is CCC(C)[C@H](N)C(=O)NCCOC. The number of ether oxygens (including phenoxy) is 1. The fourth-order valence-corrected chi connectivity index (χ4v) is 0.906. The molecular weight excluding hydrogens is 168 g/mol. The van der Waals surface area contributed by atoms with E-state index in [1.54, 1.807) is 7.11 Å². The number of nitrogens with one attached hydrogen (secondary N) is 1. The molecule has 0 aliphatic rings. The van der Waals surface area contributed by atoms with Crippen LogP contribution < -0.4 is 11.1 Å². The maximum Gasteiger partial charge on any atom is 0.237 e. The van der Waals surface area contributed by atoms with Crippen molar-refractivity contribution in [1.29, 1.82) is 0 Å². The van der Waals surface area contributed by atoms with Crippen molar-refractivity contribution in [2.45, 2.75) is 26.3 Å². The molecule has 0 fully saturated rings. The van der Waals surface area contributed by atoms with Crippen LogP contribution in [0.5, 0.6) is 0 Å². The molecule has 13 heavy (non-hydrogen) atoms. The lowest BCUT2D eigenvalue weighted by molar-refractivity contribution is -0.123. The Labute approximate surface area is 79.8 Å². The van der Waals surface area contributed by atoms with E-state index in [1.165, 1.54) is 0 Å². The van der Waals surface area contributed by atoms with Gasteiger partial charge < -0.3 is 15.8 Å². The minimum atomic E-state index is -0.401. The average molecular weight is 188 g/mol. The van der Waals surface area contributed by atoms with Gasteiger partial charge in [0.05, 0.1) is 12.6 Å². The van der Waals surface area contributed by atoms with Gasteiger partial charge in [-0.15, -0.1) is 0 Å². The summed E-state index contributed by atoms with van der Waals surface area (Å²) in [6, 6.07) is -0.401. The second-order valence-corrected chi connectivity index (χ2v) is 3.20. The molecule has 0 rings (SSSR count). The molecule has 0 aromatic carbocycles. The van der Waals surface area contributed by atoms with Crippen LogP contribution in [0.25, 0.3) is 0 Å². The van der Waals surface area contributed by atoms with E-state index in [0.717, 1.165) is 6.42 Å². The molecule has 0 bridgehead atoms. The smallest absolute Gasteiger partial charge is 0.237 e. The van der Waals surface area contributed by atoms with E-state index in [0.29, 0.717) is 13.2 Å². The molecule has 0 heterocycles. The summed E-state index contributed by atoms with van der Waals surface area (Å²) < 4.78 is 4.80. The van der Waals surface area contributed by atoms with Gasteiger partial charge in [-0.1, -0.05) is 20.3 Å². The Morgan fingerprint density at radius 2 is 2.23 bits per heavy atom. The molecule has 78 valence electrons. The lowest BCUT2D eigenvalue weighted by Crippen LogP contribution is -2.45. The monoisotopic (exact) mass is 188 g/mol. The number of hydrogen-bond acceptors (Lipinski definition) is 3. The first-order valence-corrected chi connectivity index (χ1v) is 4.65. The van der Waals surface area contributed by atoms with Crippen molar-refractivity contribution < 1.29 is 9.53 Å². The van der Waals surface area contributed by atoms with E-state index in [-0.39, 0.29) is 11.8 Å². The van der Waals surface area contributed by atoms with Crippen molar-refractivity contribution in [3.63, 3.8) is 0 Å². The molecule has 0 aliphatic heterocycles. The van der Waals surface area contributed by atoms with Crippen LogP contribution in [0.1, 0.15) is 20.3 Å². The Kier molecular flexibility index (Phi) is 6.54. The number of rotatable bonds is 6. The summed E-state index contributed by atoms with van der Waals surface area (Å²) in [5, 5.41) is 2.71. The topological polar surface area (TPSA) is 64.4 Å². The highest BCUT2D eigenvalue weighted by molar-refractivity contribution is 5.81. The van der Waals surface area contributed by atoms with Crippen LogP contribution in [0, 0.1) is 5.92 Å². The fourth-order valence-electron chi connectivity index (χ4n) is 0.906. The normalized spacial score (nSPS) is 15.1. The summed E-state index contributed by atoms with van der Waals surface area (Å²) in [4.78, 5) is 11.3. The molecule has 1 unspecified atom stereocenters. The Hall–Kier alpha value is -0.610. The third kappa shape index (κ3) is 4.85. The number of carbonyl (C=O) groups is 1. The second kappa shape index (κ2) is 6.86. The van der Waals surface area contributed by atoms with Gasteiger partial charge in [0.1, 0.15) is 0 Å². The first-order chi connectivity index (χ1) is 6.13. The number of carbonyl (C=O) groups excluding carboxylic acids is 1. The Bertz CT molecular complexity index is 151. The molecule has 0 saturated carbocycles. The minimum absolute atomic E-state index is 0.0913. The summed E-state index contributed by atoms with van der Waals surface area (Å²) in [6.07, 6.45) is 0.916. The maximum absolute atomic E-state index is 11.3. The molecule has 0 aromatic rings. The molecule has 0 spiro atoms. The molecule has 4 heteroatoms. The molecular formula is C9H20N2O2. The quantitative estimate of drug-likeness (QED) is 0.582. The predicted molar refractivity (Wildman–Crippen MR) is 52.3 cm³/mol. The summed E-state index contributed by atoms with van der Waals surface area (Å²) in [7, 11) is 1.60. The number of nitrogens with two attached hydrogens (primary N) is 1. The molecule has 4 nitrogen and oxygen atoms in total. The third-order valence-corrected chi connectivity index (χ3v) is 2.17. The highest BCUT2D eigenvalue weighted by Gasteiger charge is 2.18. The van der Waals surface area contributed by atoms with Crippen LogP contribution in [0.3, 0.4) is 0 Å². The lowest BCUT2D eigenvalue weighted by Gasteiger charge is -2.17. The molecule has 0 aliphatic carbocycles. The summed E-state index contributed by atoms with van der Waals surface area (Å²) in [6.45, 7) is 5.05. The van der Waals surface area contributed by atoms with E-state index in [2.05, 4.69) is 5.32 Å². The van der Waals surface area contributed by atoms with E-state index in [1.807, 2.05) is 13.8 Å². The zero-order valence-electron chi connectivity index (χ0n) is 8.67. The van der Waals surface area contributed by atoms with Crippen molar-refractivity contribution >= 4 is 5.91 Å². The maximum atomic E-state index is 11.3. The van der Waals surface area contributed by atoms with E-state index < -0.39 is 6.04 Å². The van der Waals surface area contributed by atoms with E-state index >= 15 is 0 Å². The van der Waals surface area contributed by atoms with Gasteiger partial charge >= 0.3 is 0 Å². The first kappa shape index (κ1) is 12.4. The van der Waals surface area contributed by atoms with Gasteiger partial charge in [0.25, 0.3) is 0 Å². The zero-order valence-corrected chi connectivity index (χ0v) is 8.67. The minimum Gasteiger partial charge on any atom is -0.383 e. The summed E-state index contributed by atoms with van der Waals surface area (Å²) >= 11 is 0. The highest BCUT2D eigenvalue weighted by Crippen LogP contribution is 2.04. The molecule has 1 amide bonds. The van der Waals surface area contributed by atoms with Gasteiger partial charge in [0, 0.05) is 13.7 Å². The highest BCUT2D eigenvalue weighted by atomic mass is 16.5. The van der Waals surface area contributed by atoms with Crippen molar-refractivity contribution in [1.82, 2.24) is 5.32 Å². The van der Waals surface area contributed by atoms with Gasteiger partial charge in [0.15, 0.2) is 0 Å². The Morgan fingerprint density at radius 1 is 1.62 bits per heavy atom. The predicted octanol–water partition coefficient (Wildman–Crippen LogP) is 0.122. The van der Waals surface area contributed by atoms with Gasteiger partial charge in [-0.3, -0.25) is 4.79 Å². The van der Waals surface area contributed by atoms with Crippen molar-refractivity contribution in [3.8, 4) is 0 Å². The van der Waals surface area contributed by atoms with Gasteiger partial charge in [0.2, 0.25) is 5.91 Å². The summed E-state index contributed by atoms with van der Waals surface area (Å²) in [5.74, 6) is 0.133. The molecule has 0 aromatic heterocycles. The van der Waals surface area contributed by atoms with Crippen LogP contribution in [0.15, 0.2) is 0 Å². The van der Waals surface area contributed by atoms with Crippen LogP contribution >= 0.6 is 0 Å². The third-order valence-electron chi connectivity index (χ3n) is 2.17. The molecule has 0 radical (unpaired) electrons. The zero-order chi connectivity index (χ0) is 10.3. The van der Waals surface area contributed by atoms with Crippen molar-refractivity contribution in [3.05, 3.63) is 0 Å². The standard InChI is InChI=1S/C9H20N2O2/c1-4-7(2)8(10)9(12)11-5-6-13-3/h7-8H,4-6,10H2,1-3H3,(H,11,12)/t7?,8-/m0/s1. The fraction of sp³-hybridized carbons (Fsp3) is 0.889. The van der Waals surface area contributed by atoms with Gasteiger partial charge in [-0.2, -0.15) is 0 Å². The molecule has 0 saturated heterocycles. The van der Waals surface area contributed by atoms with Crippen LogP contribution in [-0.2, 0) is 9.53 Å². The second-order valence-electron chi connectivity index (χ2n) is 3.20. The Morgan fingerprint density at radius 3 is 2.69 bits per heavy atom. The van der Waals surface area contributed by atoms with Crippen LogP contribution in [-0.4, -0.2) is 32.2 Å². The number of methoxy groups -OCH3 is 1. The summed E-state index contributed by atoms with van der Waals surface area (Å²) in [5.41, 5.74) is 5.70. The van der Waals surface area contributed by atoms with Crippen LogP contribution in [0.2, 0.25) is 0 Å². The van der Waals surface area contributed by atoms with Crippen molar-refractivity contribution in [2.75, 3.05) is 20.3 Å². The molecule has 3 N–H and O–H groups in total. The van der Waals surface area contributed by atoms with Crippen LogP contribution in [0.4, 0.5) is 0 Å². The van der Waals surface area contributed by atoms with Gasteiger partial charge in [-0.25, -0.2) is 0 Å². The van der Waals surface area contributed by atoms with Crippen molar-refractivity contribution in [2.24, 2.45) is 11.7 Å². The van der Waals surface area contributed by atoms with Gasteiger partial charge in [-0.05, 0) is 5.92 Å². The average Bonchev–Trinajstić information content (AvgIpc) is 2.15. The van der Waals surface area contributed by atoms with E-state index in [4.69, 9.17) is 10.5 Å². The lowest BCUT2D eigenvalue weighted by atomic mass is 9.99.